The van der Waals surface area contributed by atoms with Gasteiger partial charge in [0, 0.05) is 34.3 Å². The number of benzene rings is 1. The van der Waals surface area contributed by atoms with Crippen molar-refractivity contribution in [1.82, 2.24) is 10.3 Å². The molecule has 2 aromatic rings. The van der Waals surface area contributed by atoms with E-state index >= 15 is 0 Å². The Labute approximate surface area is 126 Å². The summed E-state index contributed by atoms with van der Waals surface area (Å²) in [6.07, 6.45) is 3.67. The third kappa shape index (κ3) is 4.66. The van der Waals surface area contributed by atoms with Crippen molar-refractivity contribution in [1.29, 1.82) is 0 Å². The number of hydrogen-bond donors (Lipinski definition) is 1. The van der Waals surface area contributed by atoms with Crippen molar-refractivity contribution >= 4 is 11.8 Å². The Morgan fingerprint density at radius 2 is 1.80 bits per heavy atom. The van der Waals surface area contributed by atoms with E-state index in [-0.39, 0.29) is 5.54 Å². The van der Waals surface area contributed by atoms with Gasteiger partial charge in [0.25, 0.3) is 0 Å². The van der Waals surface area contributed by atoms with Crippen LogP contribution in [0.3, 0.4) is 0 Å². The standard InChI is InChI=1S/C17H22N2S/c1-13-11-14(12-19-17(2,3)4)5-6-16(13)20-15-7-9-18-10-8-15/h5-11,19H,12H2,1-4H3. The summed E-state index contributed by atoms with van der Waals surface area (Å²) in [4.78, 5) is 6.58. The fraction of sp³-hybridized carbons (Fsp3) is 0.353. The molecular weight excluding hydrogens is 264 g/mol. The van der Waals surface area contributed by atoms with Gasteiger partial charge >= 0.3 is 0 Å². The van der Waals surface area contributed by atoms with Crippen LogP contribution in [-0.4, -0.2) is 10.5 Å². The summed E-state index contributed by atoms with van der Waals surface area (Å²) in [7, 11) is 0. The first-order chi connectivity index (χ1) is 9.44. The van der Waals surface area contributed by atoms with Gasteiger partial charge in [-0.1, -0.05) is 23.9 Å². The maximum atomic E-state index is 4.05. The third-order valence-electron chi connectivity index (χ3n) is 2.94. The Balaban J connectivity index is 2.06. The van der Waals surface area contributed by atoms with Crippen LogP contribution in [0.2, 0.25) is 0 Å². The molecule has 0 radical (unpaired) electrons. The maximum Gasteiger partial charge on any atom is 0.0279 e. The number of nitrogens with one attached hydrogen (secondary N) is 1. The summed E-state index contributed by atoms with van der Waals surface area (Å²) in [5.41, 5.74) is 2.80. The minimum Gasteiger partial charge on any atom is -0.308 e. The van der Waals surface area contributed by atoms with Crippen LogP contribution in [0.4, 0.5) is 0 Å². The SMILES string of the molecule is Cc1cc(CNC(C)(C)C)ccc1Sc1ccncc1. The van der Waals surface area contributed by atoms with Gasteiger partial charge < -0.3 is 5.32 Å². The first-order valence-corrected chi connectivity index (χ1v) is 7.68. The minimum absolute atomic E-state index is 0.151. The summed E-state index contributed by atoms with van der Waals surface area (Å²) >= 11 is 1.79. The molecule has 0 fully saturated rings. The molecule has 0 aliphatic carbocycles. The van der Waals surface area contributed by atoms with Crippen LogP contribution < -0.4 is 5.32 Å². The fourth-order valence-corrected chi connectivity index (χ4v) is 2.70. The molecule has 0 aliphatic heterocycles. The van der Waals surface area contributed by atoms with Gasteiger partial charge in [-0.05, 0) is 57.0 Å². The van der Waals surface area contributed by atoms with Crippen LogP contribution in [-0.2, 0) is 6.54 Å². The Morgan fingerprint density at radius 3 is 2.40 bits per heavy atom. The van der Waals surface area contributed by atoms with E-state index < -0.39 is 0 Å². The van der Waals surface area contributed by atoms with Gasteiger partial charge in [0.2, 0.25) is 0 Å². The van der Waals surface area contributed by atoms with Gasteiger partial charge in [0.1, 0.15) is 0 Å². The normalized spacial score (nSPS) is 11.6. The first-order valence-electron chi connectivity index (χ1n) is 6.86. The van der Waals surface area contributed by atoms with E-state index in [2.05, 4.69) is 56.2 Å². The smallest absolute Gasteiger partial charge is 0.0279 e. The first kappa shape index (κ1) is 15.1. The van der Waals surface area contributed by atoms with Gasteiger partial charge in [0.15, 0.2) is 0 Å². The van der Waals surface area contributed by atoms with Crippen LogP contribution in [0.25, 0.3) is 0 Å². The lowest BCUT2D eigenvalue weighted by molar-refractivity contribution is 0.424. The van der Waals surface area contributed by atoms with E-state index in [1.807, 2.05) is 24.5 Å². The summed E-state index contributed by atoms with van der Waals surface area (Å²) < 4.78 is 0. The molecule has 20 heavy (non-hydrogen) atoms. The molecule has 0 bridgehead atoms. The molecule has 0 saturated carbocycles. The topological polar surface area (TPSA) is 24.9 Å². The van der Waals surface area contributed by atoms with Crippen LogP contribution in [0.1, 0.15) is 31.9 Å². The molecule has 106 valence electrons. The van der Waals surface area contributed by atoms with Crippen LogP contribution in [0.5, 0.6) is 0 Å². The van der Waals surface area contributed by atoms with Gasteiger partial charge in [-0.15, -0.1) is 0 Å². The van der Waals surface area contributed by atoms with E-state index in [0.29, 0.717) is 0 Å². The van der Waals surface area contributed by atoms with Crippen molar-refractivity contribution in [3.8, 4) is 0 Å². The van der Waals surface area contributed by atoms with Crippen LogP contribution >= 0.6 is 11.8 Å². The van der Waals surface area contributed by atoms with Crippen molar-refractivity contribution in [3.05, 3.63) is 53.9 Å². The van der Waals surface area contributed by atoms with Crippen molar-refractivity contribution in [2.45, 2.75) is 49.6 Å². The average Bonchev–Trinajstić information content (AvgIpc) is 2.40. The van der Waals surface area contributed by atoms with E-state index in [0.717, 1.165) is 6.54 Å². The molecule has 1 aromatic heterocycles. The second-order valence-corrected chi connectivity index (χ2v) is 7.10. The van der Waals surface area contributed by atoms with Gasteiger partial charge in [-0.3, -0.25) is 4.98 Å². The second kappa shape index (κ2) is 6.42. The lowest BCUT2D eigenvalue weighted by atomic mass is 10.1. The van der Waals surface area contributed by atoms with Gasteiger partial charge in [-0.25, -0.2) is 0 Å². The molecule has 0 aliphatic rings. The largest absolute Gasteiger partial charge is 0.308 e. The highest BCUT2D eigenvalue weighted by atomic mass is 32.2. The van der Waals surface area contributed by atoms with Crippen LogP contribution in [0, 0.1) is 6.92 Å². The third-order valence-corrected chi connectivity index (χ3v) is 4.13. The highest BCUT2D eigenvalue weighted by molar-refractivity contribution is 7.99. The second-order valence-electron chi connectivity index (χ2n) is 5.99. The Hall–Kier alpha value is -1.32. The number of rotatable bonds is 4. The predicted molar refractivity (Wildman–Crippen MR) is 86.1 cm³/mol. The van der Waals surface area contributed by atoms with E-state index in [4.69, 9.17) is 0 Å². The molecule has 3 heteroatoms. The molecule has 1 N–H and O–H groups in total. The molecule has 0 amide bonds. The molecule has 0 unspecified atom stereocenters. The Kier molecular flexibility index (Phi) is 4.84. The fourth-order valence-electron chi connectivity index (χ4n) is 1.84. The summed E-state index contributed by atoms with van der Waals surface area (Å²) in [6, 6.07) is 10.8. The monoisotopic (exact) mass is 286 g/mol. The summed E-state index contributed by atoms with van der Waals surface area (Å²) in [5.74, 6) is 0. The highest BCUT2D eigenvalue weighted by Gasteiger charge is 2.09. The molecule has 2 nitrogen and oxygen atoms in total. The summed E-state index contributed by atoms with van der Waals surface area (Å²) in [6.45, 7) is 9.64. The average molecular weight is 286 g/mol. The van der Waals surface area contributed by atoms with Crippen molar-refractivity contribution in [2.24, 2.45) is 0 Å². The van der Waals surface area contributed by atoms with Gasteiger partial charge in [-0.2, -0.15) is 0 Å². The Morgan fingerprint density at radius 1 is 1.10 bits per heavy atom. The maximum absolute atomic E-state index is 4.05. The number of aryl methyl sites for hydroxylation is 1. The molecule has 0 atom stereocenters. The van der Waals surface area contributed by atoms with E-state index in [9.17, 15) is 0 Å². The zero-order valence-electron chi connectivity index (χ0n) is 12.6. The number of aromatic nitrogens is 1. The predicted octanol–water partition coefficient (Wildman–Crippen LogP) is 4.43. The Bertz CT molecular complexity index is 559. The van der Waals surface area contributed by atoms with Crippen molar-refractivity contribution < 1.29 is 0 Å². The van der Waals surface area contributed by atoms with Crippen LogP contribution in [0.15, 0.2) is 52.5 Å². The molecule has 0 saturated heterocycles. The van der Waals surface area contributed by atoms with E-state index in [1.54, 1.807) is 11.8 Å². The number of nitrogens with zero attached hydrogens (tertiary/aromatic N) is 1. The minimum atomic E-state index is 0.151. The molecular formula is C17H22N2S. The molecule has 0 spiro atoms. The highest BCUT2D eigenvalue weighted by Crippen LogP contribution is 2.30. The number of pyridine rings is 1. The lowest BCUT2D eigenvalue weighted by Gasteiger charge is -2.21. The molecule has 1 heterocycles. The van der Waals surface area contributed by atoms with E-state index in [1.165, 1.54) is 20.9 Å². The molecule has 2 rings (SSSR count). The molecule has 1 aromatic carbocycles. The zero-order valence-corrected chi connectivity index (χ0v) is 13.4. The van der Waals surface area contributed by atoms with Crippen molar-refractivity contribution in [3.63, 3.8) is 0 Å². The summed E-state index contributed by atoms with van der Waals surface area (Å²) in [5, 5.41) is 3.52. The van der Waals surface area contributed by atoms with Crippen molar-refractivity contribution in [2.75, 3.05) is 0 Å². The lowest BCUT2D eigenvalue weighted by Crippen LogP contribution is -2.35. The number of hydrogen-bond acceptors (Lipinski definition) is 3. The van der Waals surface area contributed by atoms with Gasteiger partial charge in [0.05, 0.1) is 0 Å². The zero-order chi connectivity index (χ0) is 14.6. The quantitative estimate of drug-likeness (QED) is 0.900.